The molecule has 15 heavy (non-hydrogen) atoms. The van der Waals surface area contributed by atoms with Gasteiger partial charge in [0.15, 0.2) is 0 Å². The van der Waals surface area contributed by atoms with Gasteiger partial charge in [-0.05, 0) is 13.0 Å². The zero-order valence-electron chi connectivity index (χ0n) is 9.24. The SMILES string of the molecule is CC(=O)N1CCCN(CCC(N)=O)CC1. The fourth-order valence-electron chi connectivity index (χ4n) is 1.78. The summed E-state index contributed by atoms with van der Waals surface area (Å²) in [7, 11) is 0. The van der Waals surface area contributed by atoms with Crippen LogP contribution in [0.3, 0.4) is 0 Å². The summed E-state index contributed by atoms with van der Waals surface area (Å²) in [5.74, 6) is -0.130. The van der Waals surface area contributed by atoms with Crippen LogP contribution < -0.4 is 5.73 Å². The quantitative estimate of drug-likeness (QED) is 0.682. The molecule has 2 N–H and O–H groups in total. The van der Waals surface area contributed by atoms with E-state index in [9.17, 15) is 9.59 Å². The second kappa shape index (κ2) is 5.70. The largest absolute Gasteiger partial charge is 0.370 e. The summed E-state index contributed by atoms with van der Waals surface area (Å²) in [5.41, 5.74) is 5.09. The monoisotopic (exact) mass is 213 g/mol. The maximum atomic E-state index is 11.2. The lowest BCUT2D eigenvalue weighted by atomic mass is 10.3. The van der Waals surface area contributed by atoms with Crippen molar-refractivity contribution in [1.82, 2.24) is 9.80 Å². The molecule has 5 nitrogen and oxygen atoms in total. The molecule has 0 spiro atoms. The van der Waals surface area contributed by atoms with E-state index in [1.807, 2.05) is 4.90 Å². The number of hydrogen-bond acceptors (Lipinski definition) is 3. The first-order chi connectivity index (χ1) is 7.09. The van der Waals surface area contributed by atoms with Gasteiger partial charge in [-0.1, -0.05) is 0 Å². The van der Waals surface area contributed by atoms with Crippen molar-refractivity contribution in [2.45, 2.75) is 19.8 Å². The molecule has 1 fully saturated rings. The summed E-state index contributed by atoms with van der Waals surface area (Å²) >= 11 is 0. The standard InChI is InChI=1S/C10H19N3O2/c1-9(14)13-5-2-4-12(7-8-13)6-3-10(11)15/h2-8H2,1H3,(H2,11,15). The number of nitrogens with zero attached hydrogens (tertiary/aromatic N) is 2. The number of carbonyl (C=O) groups excluding carboxylic acids is 2. The van der Waals surface area contributed by atoms with Crippen LogP contribution in [0.4, 0.5) is 0 Å². The third-order valence-corrected chi connectivity index (χ3v) is 2.71. The molecule has 1 aliphatic rings. The van der Waals surface area contributed by atoms with Crippen molar-refractivity contribution in [2.24, 2.45) is 5.73 Å². The van der Waals surface area contributed by atoms with E-state index in [2.05, 4.69) is 4.90 Å². The molecule has 0 saturated carbocycles. The molecule has 0 aromatic rings. The summed E-state index contributed by atoms with van der Waals surface area (Å²) in [6.45, 7) is 5.67. The lowest BCUT2D eigenvalue weighted by Crippen LogP contribution is -2.34. The molecule has 0 aromatic carbocycles. The molecule has 1 heterocycles. The van der Waals surface area contributed by atoms with Crippen LogP contribution in [0, 0.1) is 0 Å². The topological polar surface area (TPSA) is 66.6 Å². The van der Waals surface area contributed by atoms with Crippen LogP contribution in [-0.4, -0.2) is 54.3 Å². The maximum Gasteiger partial charge on any atom is 0.219 e. The summed E-state index contributed by atoms with van der Waals surface area (Å²) in [5, 5.41) is 0. The predicted octanol–water partition coefficient (Wildman–Crippen LogP) is -0.584. The predicted molar refractivity (Wildman–Crippen MR) is 57.1 cm³/mol. The number of rotatable bonds is 3. The van der Waals surface area contributed by atoms with Crippen molar-refractivity contribution in [3.05, 3.63) is 0 Å². The van der Waals surface area contributed by atoms with E-state index < -0.39 is 0 Å². The van der Waals surface area contributed by atoms with Gasteiger partial charge in [-0.25, -0.2) is 0 Å². The molecular weight excluding hydrogens is 194 g/mol. The van der Waals surface area contributed by atoms with E-state index in [-0.39, 0.29) is 11.8 Å². The molecular formula is C10H19N3O2. The van der Waals surface area contributed by atoms with Crippen LogP contribution in [0.25, 0.3) is 0 Å². The average Bonchev–Trinajstić information content (AvgIpc) is 2.39. The number of primary amides is 1. The minimum Gasteiger partial charge on any atom is -0.370 e. The second-order valence-electron chi connectivity index (χ2n) is 3.92. The highest BCUT2D eigenvalue weighted by Crippen LogP contribution is 2.03. The Hall–Kier alpha value is -1.10. The molecule has 0 aliphatic carbocycles. The van der Waals surface area contributed by atoms with Crippen LogP contribution in [0.2, 0.25) is 0 Å². The Labute approximate surface area is 90.2 Å². The van der Waals surface area contributed by atoms with E-state index in [1.54, 1.807) is 6.92 Å². The van der Waals surface area contributed by atoms with Crippen LogP contribution >= 0.6 is 0 Å². The molecule has 1 rings (SSSR count). The minimum atomic E-state index is -0.261. The number of hydrogen-bond donors (Lipinski definition) is 1. The van der Waals surface area contributed by atoms with Gasteiger partial charge >= 0.3 is 0 Å². The average molecular weight is 213 g/mol. The fourth-order valence-corrected chi connectivity index (χ4v) is 1.78. The summed E-state index contributed by atoms with van der Waals surface area (Å²) < 4.78 is 0. The molecule has 2 amide bonds. The van der Waals surface area contributed by atoms with Crippen LogP contribution in [0.5, 0.6) is 0 Å². The third-order valence-electron chi connectivity index (χ3n) is 2.71. The molecule has 1 aliphatic heterocycles. The lowest BCUT2D eigenvalue weighted by molar-refractivity contribution is -0.128. The smallest absolute Gasteiger partial charge is 0.219 e. The minimum absolute atomic E-state index is 0.131. The van der Waals surface area contributed by atoms with Crippen molar-refractivity contribution in [3.8, 4) is 0 Å². The highest BCUT2D eigenvalue weighted by Gasteiger charge is 2.16. The van der Waals surface area contributed by atoms with E-state index >= 15 is 0 Å². The van der Waals surface area contributed by atoms with E-state index in [0.29, 0.717) is 13.0 Å². The Balaban J connectivity index is 2.32. The molecule has 0 bridgehead atoms. The molecule has 0 unspecified atom stereocenters. The Morgan fingerprint density at radius 1 is 1.20 bits per heavy atom. The number of amides is 2. The molecule has 0 radical (unpaired) electrons. The van der Waals surface area contributed by atoms with Crippen molar-refractivity contribution >= 4 is 11.8 Å². The molecule has 0 aromatic heterocycles. The number of carbonyl (C=O) groups is 2. The Bertz CT molecular complexity index is 243. The van der Waals surface area contributed by atoms with Crippen molar-refractivity contribution in [2.75, 3.05) is 32.7 Å². The first-order valence-electron chi connectivity index (χ1n) is 5.36. The van der Waals surface area contributed by atoms with Crippen LogP contribution in [0.15, 0.2) is 0 Å². The molecule has 5 heteroatoms. The van der Waals surface area contributed by atoms with Gasteiger partial charge < -0.3 is 15.5 Å². The van der Waals surface area contributed by atoms with E-state index in [0.717, 1.165) is 32.6 Å². The molecule has 86 valence electrons. The Morgan fingerprint density at radius 3 is 2.53 bits per heavy atom. The molecule has 0 atom stereocenters. The highest BCUT2D eigenvalue weighted by molar-refractivity contribution is 5.74. The van der Waals surface area contributed by atoms with Crippen molar-refractivity contribution < 1.29 is 9.59 Å². The van der Waals surface area contributed by atoms with E-state index in [4.69, 9.17) is 5.73 Å². The maximum absolute atomic E-state index is 11.2. The fraction of sp³-hybridized carbons (Fsp3) is 0.800. The van der Waals surface area contributed by atoms with Crippen LogP contribution in [0.1, 0.15) is 19.8 Å². The first kappa shape index (κ1) is 12.0. The van der Waals surface area contributed by atoms with Gasteiger partial charge in [0.1, 0.15) is 0 Å². The van der Waals surface area contributed by atoms with Gasteiger partial charge in [0.25, 0.3) is 0 Å². The summed E-state index contributed by atoms with van der Waals surface area (Å²) in [6.07, 6.45) is 1.37. The van der Waals surface area contributed by atoms with Gasteiger partial charge in [-0.3, -0.25) is 9.59 Å². The van der Waals surface area contributed by atoms with Gasteiger partial charge in [0, 0.05) is 39.5 Å². The van der Waals surface area contributed by atoms with Gasteiger partial charge in [-0.2, -0.15) is 0 Å². The first-order valence-corrected chi connectivity index (χ1v) is 5.36. The molecule has 1 saturated heterocycles. The normalized spacial score (nSPS) is 18.6. The third kappa shape index (κ3) is 4.29. The summed E-state index contributed by atoms with van der Waals surface area (Å²) in [6, 6.07) is 0. The zero-order valence-corrected chi connectivity index (χ0v) is 9.24. The van der Waals surface area contributed by atoms with Gasteiger partial charge in [0.2, 0.25) is 11.8 Å². The van der Waals surface area contributed by atoms with E-state index in [1.165, 1.54) is 0 Å². The number of nitrogens with two attached hydrogens (primary N) is 1. The van der Waals surface area contributed by atoms with Crippen molar-refractivity contribution in [3.63, 3.8) is 0 Å². The summed E-state index contributed by atoms with van der Waals surface area (Å²) in [4.78, 5) is 25.8. The van der Waals surface area contributed by atoms with Crippen molar-refractivity contribution in [1.29, 1.82) is 0 Å². The zero-order chi connectivity index (χ0) is 11.3. The lowest BCUT2D eigenvalue weighted by Gasteiger charge is -2.20. The van der Waals surface area contributed by atoms with Gasteiger partial charge in [-0.15, -0.1) is 0 Å². The van der Waals surface area contributed by atoms with Crippen LogP contribution in [-0.2, 0) is 9.59 Å². The highest BCUT2D eigenvalue weighted by atomic mass is 16.2. The van der Waals surface area contributed by atoms with Gasteiger partial charge in [0.05, 0.1) is 0 Å². The second-order valence-corrected chi connectivity index (χ2v) is 3.92. The Morgan fingerprint density at radius 2 is 1.93 bits per heavy atom. The Kier molecular flexibility index (Phi) is 4.55.